The Balaban J connectivity index is 2.82. The Hall–Kier alpha value is -1.31. The van der Waals surface area contributed by atoms with Crippen LogP contribution in [0.3, 0.4) is 0 Å². The summed E-state index contributed by atoms with van der Waals surface area (Å²) in [5.74, 6) is 0.653. The van der Waals surface area contributed by atoms with Crippen LogP contribution in [0.15, 0.2) is 6.07 Å². The van der Waals surface area contributed by atoms with Crippen molar-refractivity contribution in [2.45, 2.75) is 19.8 Å². The largest absolute Gasteiger partial charge is 0.383 e. The van der Waals surface area contributed by atoms with Crippen molar-refractivity contribution in [3.8, 4) is 0 Å². The van der Waals surface area contributed by atoms with Gasteiger partial charge < -0.3 is 5.73 Å². The lowest BCUT2D eigenvalue weighted by Crippen LogP contribution is -2.31. The Morgan fingerprint density at radius 3 is 2.92 bits per heavy atom. The maximum absolute atomic E-state index is 5.70. The van der Waals surface area contributed by atoms with Crippen molar-refractivity contribution >= 4 is 18.0 Å². The fraction of sp³-hybridized carbons (Fsp3) is 0.300. The van der Waals surface area contributed by atoms with Gasteiger partial charge in [-0.3, -0.25) is 0 Å². The highest BCUT2D eigenvalue weighted by Gasteiger charge is 1.98. The topological polar surface area (TPSA) is 38.9 Å². The number of nitrogens with zero attached hydrogens (tertiary/aromatic N) is 1. The number of aryl methyl sites for hydroxylation is 1. The van der Waals surface area contributed by atoms with Crippen molar-refractivity contribution in [2.24, 2.45) is 0 Å². The average molecular weight is 160 g/mol. The highest BCUT2D eigenvalue weighted by Crippen LogP contribution is 2.01. The summed E-state index contributed by atoms with van der Waals surface area (Å²) < 4.78 is 0. The molecule has 62 valence electrons. The Kier molecular flexibility index (Phi) is 1.61. The molecule has 2 rings (SSSR count). The second-order valence-electron chi connectivity index (χ2n) is 3.15. The summed E-state index contributed by atoms with van der Waals surface area (Å²) in [5, 5.41) is 2.28. The standard InChI is InChI=1S/C10H12N2/c1-7-6-8-4-2-3-5-9(8)12-10(7)11/h4-6H,2-3H2,1H3,(H2,11,12). The first-order valence-electron chi connectivity index (χ1n) is 4.21. The maximum Gasteiger partial charge on any atom is 0.126 e. The first-order chi connectivity index (χ1) is 5.77. The summed E-state index contributed by atoms with van der Waals surface area (Å²) in [6, 6.07) is 2.10. The number of aromatic nitrogens is 1. The summed E-state index contributed by atoms with van der Waals surface area (Å²) in [4.78, 5) is 4.30. The van der Waals surface area contributed by atoms with Gasteiger partial charge >= 0.3 is 0 Å². The van der Waals surface area contributed by atoms with Crippen LogP contribution in [0.1, 0.15) is 18.4 Å². The molecular formula is C10H12N2. The molecule has 0 atom stereocenters. The molecule has 1 aliphatic carbocycles. The smallest absolute Gasteiger partial charge is 0.126 e. The van der Waals surface area contributed by atoms with Gasteiger partial charge in [0.2, 0.25) is 0 Å². The monoisotopic (exact) mass is 160 g/mol. The molecule has 1 aromatic rings. The van der Waals surface area contributed by atoms with Gasteiger partial charge in [0.15, 0.2) is 0 Å². The highest BCUT2D eigenvalue weighted by molar-refractivity contribution is 5.44. The Bertz CT molecular complexity index is 377. The fourth-order valence-corrected chi connectivity index (χ4v) is 1.45. The van der Waals surface area contributed by atoms with Crippen LogP contribution in [0.25, 0.3) is 12.2 Å². The molecule has 0 fully saturated rings. The van der Waals surface area contributed by atoms with Crippen LogP contribution < -0.4 is 16.3 Å². The van der Waals surface area contributed by atoms with Crippen molar-refractivity contribution in [1.29, 1.82) is 0 Å². The third kappa shape index (κ3) is 1.09. The van der Waals surface area contributed by atoms with E-state index in [0.717, 1.165) is 23.8 Å². The Labute approximate surface area is 71.4 Å². The van der Waals surface area contributed by atoms with Crippen molar-refractivity contribution in [3.63, 3.8) is 0 Å². The lowest BCUT2D eigenvalue weighted by atomic mass is 10.1. The van der Waals surface area contributed by atoms with E-state index in [1.165, 1.54) is 5.22 Å². The van der Waals surface area contributed by atoms with Crippen LogP contribution in [-0.2, 0) is 0 Å². The van der Waals surface area contributed by atoms with E-state index in [4.69, 9.17) is 5.73 Å². The van der Waals surface area contributed by atoms with Gasteiger partial charge in [0.05, 0.1) is 5.35 Å². The van der Waals surface area contributed by atoms with Crippen LogP contribution >= 0.6 is 0 Å². The minimum Gasteiger partial charge on any atom is -0.383 e. The molecule has 0 aliphatic heterocycles. The molecule has 12 heavy (non-hydrogen) atoms. The first kappa shape index (κ1) is 7.35. The van der Waals surface area contributed by atoms with E-state index in [1.54, 1.807) is 0 Å². The maximum atomic E-state index is 5.70. The average Bonchev–Trinajstić information content (AvgIpc) is 2.07. The van der Waals surface area contributed by atoms with Crippen molar-refractivity contribution in [2.75, 3.05) is 5.73 Å². The van der Waals surface area contributed by atoms with Gasteiger partial charge in [0, 0.05) is 0 Å². The third-order valence-corrected chi connectivity index (χ3v) is 2.18. The summed E-state index contributed by atoms with van der Waals surface area (Å²) in [7, 11) is 0. The normalized spacial score (nSPS) is 14.4. The van der Waals surface area contributed by atoms with Gasteiger partial charge in [-0.1, -0.05) is 12.2 Å². The lowest BCUT2D eigenvalue weighted by molar-refractivity contribution is 1.07. The second kappa shape index (κ2) is 2.63. The van der Waals surface area contributed by atoms with Crippen LogP contribution in [-0.4, -0.2) is 4.98 Å². The van der Waals surface area contributed by atoms with Crippen LogP contribution in [0, 0.1) is 6.92 Å². The second-order valence-corrected chi connectivity index (χ2v) is 3.15. The number of nitrogens with two attached hydrogens (primary N) is 1. The van der Waals surface area contributed by atoms with Crippen LogP contribution in [0.4, 0.5) is 5.82 Å². The summed E-state index contributed by atoms with van der Waals surface area (Å²) in [6.07, 6.45) is 6.57. The van der Waals surface area contributed by atoms with E-state index >= 15 is 0 Å². The zero-order valence-corrected chi connectivity index (χ0v) is 7.17. The zero-order valence-electron chi connectivity index (χ0n) is 7.17. The Morgan fingerprint density at radius 1 is 1.33 bits per heavy atom. The summed E-state index contributed by atoms with van der Waals surface area (Å²) in [6.45, 7) is 1.99. The van der Waals surface area contributed by atoms with E-state index < -0.39 is 0 Å². The van der Waals surface area contributed by atoms with Crippen LogP contribution in [0.5, 0.6) is 0 Å². The number of anilines is 1. The molecule has 2 heteroatoms. The van der Waals surface area contributed by atoms with Gasteiger partial charge in [-0.25, -0.2) is 4.98 Å². The molecule has 0 amide bonds. The van der Waals surface area contributed by atoms with Gasteiger partial charge in [0.1, 0.15) is 5.82 Å². The number of hydrogen-bond acceptors (Lipinski definition) is 2. The molecule has 0 radical (unpaired) electrons. The number of rotatable bonds is 0. The zero-order chi connectivity index (χ0) is 8.55. The molecule has 2 nitrogen and oxygen atoms in total. The SMILES string of the molecule is Cc1cc2c(nc1N)=CCCC=2. The molecule has 0 aromatic carbocycles. The molecule has 0 saturated heterocycles. The molecule has 1 aromatic heterocycles. The minimum atomic E-state index is 0.653. The first-order valence-corrected chi connectivity index (χ1v) is 4.21. The number of nitrogen functional groups attached to an aromatic ring is 1. The molecule has 1 aliphatic rings. The van der Waals surface area contributed by atoms with Gasteiger partial charge in [-0.2, -0.15) is 0 Å². The molecule has 0 saturated carbocycles. The predicted molar refractivity (Wildman–Crippen MR) is 50.8 cm³/mol. The predicted octanol–water partition coefficient (Wildman–Crippen LogP) is 0.327. The van der Waals surface area contributed by atoms with E-state index in [1.807, 2.05) is 6.92 Å². The molecular weight excluding hydrogens is 148 g/mol. The fourth-order valence-electron chi connectivity index (χ4n) is 1.45. The molecule has 1 heterocycles. The lowest BCUT2D eigenvalue weighted by Gasteiger charge is -2.02. The highest BCUT2D eigenvalue weighted by atomic mass is 14.8. The van der Waals surface area contributed by atoms with Gasteiger partial charge in [-0.05, 0) is 36.6 Å². The van der Waals surface area contributed by atoms with Crippen LogP contribution in [0.2, 0.25) is 0 Å². The van der Waals surface area contributed by atoms with Gasteiger partial charge in [0.25, 0.3) is 0 Å². The molecule has 2 N–H and O–H groups in total. The minimum absolute atomic E-state index is 0.653. The van der Waals surface area contributed by atoms with E-state index in [0.29, 0.717) is 5.82 Å². The number of pyridine rings is 1. The van der Waals surface area contributed by atoms with E-state index in [9.17, 15) is 0 Å². The third-order valence-electron chi connectivity index (χ3n) is 2.18. The van der Waals surface area contributed by atoms with Crippen molar-refractivity contribution in [1.82, 2.24) is 4.98 Å². The van der Waals surface area contributed by atoms with E-state index in [-0.39, 0.29) is 0 Å². The number of hydrogen-bond donors (Lipinski definition) is 1. The van der Waals surface area contributed by atoms with Crippen molar-refractivity contribution in [3.05, 3.63) is 22.2 Å². The Morgan fingerprint density at radius 2 is 2.08 bits per heavy atom. The van der Waals surface area contributed by atoms with Gasteiger partial charge in [-0.15, -0.1) is 0 Å². The van der Waals surface area contributed by atoms with E-state index in [2.05, 4.69) is 23.2 Å². The summed E-state index contributed by atoms with van der Waals surface area (Å²) in [5.41, 5.74) is 6.77. The summed E-state index contributed by atoms with van der Waals surface area (Å²) >= 11 is 0. The molecule has 0 bridgehead atoms. The quantitative estimate of drug-likeness (QED) is 0.594. The molecule has 0 spiro atoms. The number of fused-ring (bicyclic) bond motifs is 1. The van der Waals surface area contributed by atoms with Crippen molar-refractivity contribution < 1.29 is 0 Å². The molecule has 0 unspecified atom stereocenters.